The first-order chi connectivity index (χ1) is 10.0. The van der Waals surface area contributed by atoms with Gasteiger partial charge in [-0.3, -0.25) is 0 Å². The van der Waals surface area contributed by atoms with E-state index in [9.17, 15) is 4.79 Å². The molecule has 1 aliphatic rings. The van der Waals surface area contributed by atoms with E-state index in [0.29, 0.717) is 24.5 Å². The van der Waals surface area contributed by atoms with Gasteiger partial charge in [-0.15, -0.1) is 0 Å². The van der Waals surface area contributed by atoms with Crippen LogP contribution in [0.25, 0.3) is 0 Å². The number of carbonyl (C=O) groups excluding carboxylic acids is 1. The van der Waals surface area contributed by atoms with Gasteiger partial charge in [0.05, 0.1) is 20.8 Å². The molecule has 1 fully saturated rings. The number of esters is 1. The third-order valence-electron chi connectivity index (χ3n) is 3.58. The number of hydrogen-bond acceptors (Lipinski definition) is 5. The number of nitrogens with zero attached hydrogens (tertiary/aromatic N) is 1. The van der Waals surface area contributed by atoms with Crippen molar-refractivity contribution in [3.8, 4) is 11.5 Å². The average molecular weight is 292 g/mol. The summed E-state index contributed by atoms with van der Waals surface area (Å²) in [7, 11) is 3.17. The van der Waals surface area contributed by atoms with Crippen molar-refractivity contribution in [3.63, 3.8) is 0 Å². The largest absolute Gasteiger partial charge is 0.493 e. The average Bonchev–Trinajstić information content (AvgIpc) is 2.80. The van der Waals surface area contributed by atoms with Crippen LogP contribution in [0.15, 0.2) is 23.2 Å². The standard InChI is InChI=1S/C15H20N2O4/c1-5-15(2)13(18)21-14(17-15)16-9-10-6-7-11(19-3)12(8-10)20-4/h6-8H,5,9H2,1-4H3,(H,16,17)/t15-/m1/s1. The van der Waals surface area contributed by atoms with E-state index >= 15 is 0 Å². The van der Waals surface area contributed by atoms with E-state index in [-0.39, 0.29) is 12.0 Å². The van der Waals surface area contributed by atoms with Crippen molar-refractivity contribution >= 4 is 12.0 Å². The second-order valence-electron chi connectivity index (χ2n) is 5.01. The Kier molecular flexibility index (Phi) is 4.35. The molecule has 1 heterocycles. The lowest BCUT2D eigenvalue weighted by Gasteiger charge is -2.15. The second-order valence-corrected chi connectivity index (χ2v) is 5.01. The van der Waals surface area contributed by atoms with Crippen LogP contribution in [0, 0.1) is 0 Å². The number of aliphatic imine (C=N–C) groups is 1. The number of ether oxygens (including phenoxy) is 3. The maximum Gasteiger partial charge on any atom is 0.339 e. The molecular weight excluding hydrogens is 272 g/mol. The number of amidine groups is 1. The molecule has 0 saturated carbocycles. The number of cyclic esters (lactones) is 1. The van der Waals surface area contributed by atoms with Crippen LogP contribution in [0.4, 0.5) is 0 Å². The molecule has 0 spiro atoms. The number of rotatable bonds is 5. The van der Waals surface area contributed by atoms with Crippen molar-refractivity contribution in [2.75, 3.05) is 14.2 Å². The summed E-state index contributed by atoms with van der Waals surface area (Å²) in [5, 5.41) is 3.01. The van der Waals surface area contributed by atoms with Crippen LogP contribution in [-0.4, -0.2) is 31.7 Å². The first-order valence-corrected chi connectivity index (χ1v) is 6.78. The molecule has 1 N–H and O–H groups in total. The minimum absolute atomic E-state index is 0.263. The number of methoxy groups -OCH3 is 2. The number of carbonyl (C=O) groups is 1. The Morgan fingerprint density at radius 2 is 2.00 bits per heavy atom. The van der Waals surface area contributed by atoms with Crippen molar-refractivity contribution in [2.24, 2.45) is 4.99 Å². The SMILES string of the molecule is CC[C@@]1(C)NC(=NCc2ccc(OC)c(OC)c2)OC1=O. The van der Waals surface area contributed by atoms with Gasteiger partial charge >= 0.3 is 5.97 Å². The van der Waals surface area contributed by atoms with E-state index in [2.05, 4.69) is 10.3 Å². The molecule has 6 nitrogen and oxygen atoms in total. The Labute approximate surface area is 124 Å². The van der Waals surface area contributed by atoms with E-state index in [4.69, 9.17) is 14.2 Å². The Morgan fingerprint density at radius 3 is 2.57 bits per heavy atom. The van der Waals surface area contributed by atoms with Gasteiger partial charge in [0.25, 0.3) is 6.02 Å². The summed E-state index contributed by atoms with van der Waals surface area (Å²) in [4.78, 5) is 16.0. The minimum atomic E-state index is -0.684. The number of hydrogen-bond donors (Lipinski definition) is 1. The van der Waals surface area contributed by atoms with Gasteiger partial charge in [0.15, 0.2) is 11.5 Å². The molecular formula is C15H20N2O4. The molecule has 0 aliphatic carbocycles. The van der Waals surface area contributed by atoms with E-state index in [0.717, 1.165) is 5.56 Å². The van der Waals surface area contributed by atoms with Crippen LogP contribution in [0.3, 0.4) is 0 Å². The summed E-state index contributed by atoms with van der Waals surface area (Å²) in [6, 6.07) is 5.82. The first-order valence-electron chi connectivity index (χ1n) is 6.78. The Bertz CT molecular complexity index is 571. The third kappa shape index (κ3) is 3.09. The fourth-order valence-electron chi connectivity index (χ4n) is 1.96. The number of nitrogens with one attached hydrogen (secondary N) is 1. The van der Waals surface area contributed by atoms with E-state index in [1.807, 2.05) is 25.1 Å². The van der Waals surface area contributed by atoms with Crippen molar-refractivity contribution < 1.29 is 19.0 Å². The topological polar surface area (TPSA) is 69.2 Å². The summed E-state index contributed by atoms with van der Waals surface area (Å²) in [5.41, 5.74) is 0.249. The molecule has 114 valence electrons. The van der Waals surface area contributed by atoms with E-state index in [1.54, 1.807) is 21.1 Å². The van der Waals surface area contributed by atoms with Gasteiger partial charge in [-0.25, -0.2) is 9.79 Å². The van der Waals surface area contributed by atoms with Crippen molar-refractivity contribution in [1.82, 2.24) is 5.32 Å². The molecule has 1 saturated heterocycles. The van der Waals surface area contributed by atoms with Crippen LogP contribution >= 0.6 is 0 Å². The van der Waals surface area contributed by atoms with Gasteiger partial charge < -0.3 is 19.5 Å². The highest BCUT2D eigenvalue weighted by molar-refractivity contribution is 6.00. The fourth-order valence-corrected chi connectivity index (χ4v) is 1.96. The molecule has 1 atom stereocenters. The summed E-state index contributed by atoms with van der Waals surface area (Å²) in [6.45, 7) is 4.11. The lowest BCUT2D eigenvalue weighted by molar-refractivity contribution is -0.138. The summed E-state index contributed by atoms with van der Waals surface area (Å²) in [6.07, 6.45) is 0.640. The summed E-state index contributed by atoms with van der Waals surface area (Å²) in [5.74, 6) is 1.01. The Morgan fingerprint density at radius 1 is 1.29 bits per heavy atom. The quantitative estimate of drug-likeness (QED) is 0.839. The molecule has 0 aromatic heterocycles. The maximum atomic E-state index is 11.7. The zero-order valence-electron chi connectivity index (χ0n) is 12.7. The van der Waals surface area contributed by atoms with Crippen LogP contribution in [-0.2, 0) is 16.1 Å². The summed E-state index contributed by atoms with van der Waals surface area (Å²) >= 11 is 0. The monoisotopic (exact) mass is 292 g/mol. The van der Waals surface area contributed by atoms with E-state index in [1.165, 1.54) is 0 Å². The second kappa shape index (κ2) is 6.03. The predicted octanol–water partition coefficient (Wildman–Crippen LogP) is 1.87. The van der Waals surface area contributed by atoms with Gasteiger partial charge in [0, 0.05) is 0 Å². The third-order valence-corrected chi connectivity index (χ3v) is 3.58. The summed E-state index contributed by atoms with van der Waals surface area (Å²) < 4.78 is 15.6. The van der Waals surface area contributed by atoms with Gasteiger partial charge in [-0.1, -0.05) is 13.0 Å². The molecule has 1 aromatic rings. The van der Waals surface area contributed by atoms with Gasteiger partial charge in [0.1, 0.15) is 5.54 Å². The number of benzene rings is 1. The zero-order valence-corrected chi connectivity index (χ0v) is 12.7. The fraction of sp³-hybridized carbons (Fsp3) is 0.467. The van der Waals surface area contributed by atoms with Gasteiger partial charge in [0.2, 0.25) is 0 Å². The molecule has 0 bridgehead atoms. The van der Waals surface area contributed by atoms with Crippen LogP contribution in [0.1, 0.15) is 25.8 Å². The van der Waals surface area contributed by atoms with Crippen LogP contribution in [0.5, 0.6) is 11.5 Å². The lowest BCUT2D eigenvalue weighted by atomic mass is 10.0. The van der Waals surface area contributed by atoms with Gasteiger partial charge in [-0.2, -0.15) is 0 Å². The van der Waals surface area contributed by atoms with Crippen LogP contribution < -0.4 is 14.8 Å². The smallest absolute Gasteiger partial charge is 0.339 e. The van der Waals surface area contributed by atoms with Gasteiger partial charge in [-0.05, 0) is 31.0 Å². The first kappa shape index (κ1) is 15.2. The Hall–Kier alpha value is -2.24. The van der Waals surface area contributed by atoms with E-state index < -0.39 is 5.54 Å². The highest BCUT2D eigenvalue weighted by atomic mass is 16.6. The molecule has 0 amide bonds. The molecule has 2 rings (SSSR count). The Balaban J connectivity index is 2.10. The van der Waals surface area contributed by atoms with Crippen molar-refractivity contribution in [3.05, 3.63) is 23.8 Å². The molecule has 6 heteroatoms. The maximum absolute atomic E-state index is 11.7. The minimum Gasteiger partial charge on any atom is -0.493 e. The van der Waals surface area contributed by atoms with Crippen molar-refractivity contribution in [2.45, 2.75) is 32.4 Å². The van der Waals surface area contributed by atoms with Crippen molar-refractivity contribution in [1.29, 1.82) is 0 Å². The highest BCUT2D eigenvalue weighted by Gasteiger charge is 2.41. The molecule has 21 heavy (non-hydrogen) atoms. The predicted molar refractivity (Wildman–Crippen MR) is 78.6 cm³/mol. The molecule has 1 aliphatic heterocycles. The normalized spacial score (nSPS) is 22.9. The molecule has 0 unspecified atom stereocenters. The zero-order chi connectivity index (χ0) is 15.5. The lowest BCUT2D eigenvalue weighted by Crippen LogP contribution is -2.42. The molecule has 0 radical (unpaired) electrons. The van der Waals surface area contributed by atoms with Crippen LogP contribution in [0.2, 0.25) is 0 Å². The highest BCUT2D eigenvalue weighted by Crippen LogP contribution is 2.28. The molecule has 1 aromatic carbocycles.